The van der Waals surface area contributed by atoms with Crippen LogP contribution in [0.3, 0.4) is 0 Å². The topological polar surface area (TPSA) is 23.6 Å². The van der Waals surface area contributed by atoms with Crippen LogP contribution in [0.1, 0.15) is 47.0 Å². The third-order valence-corrected chi connectivity index (χ3v) is 3.60. The van der Waals surface area contributed by atoms with Gasteiger partial charge in [-0.2, -0.15) is 0 Å². The molecule has 0 N–H and O–H groups in total. The van der Waals surface area contributed by atoms with Crippen LogP contribution >= 0.6 is 0 Å². The van der Waals surface area contributed by atoms with Crippen molar-refractivity contribution in [3.05, 3.63) is 11.4 Å². The second-order valence-corrected chi connectivity index (χ2v) is 6.50. The van der Waals surface area contributed by atoms with Crippen LogP contribution in [0, 0.1) is 5.41 Å². The Morgan fingerprint density at radius 3 is 2.22 bits per heavy atom. The molecule has 0 spiro atoms. The van der Waals surface area contributed by atoms with Crippen LogP contribution in [-0.2, 0) is 4.79 Å². The number of Topliss-reactive ketones (excluding diaryl/α,β-unsaturated/α-hetero) is 1. The Balaban J connectivity index is 2.54. The molecule has 0 amide bonds. The second kappa shape index (κ2) is 5.77. The van der Waals surface area contributed by atoms with Crippen LogP contribution in [0.25, 0.3) is 0 Å². The first-order chi connectivity index (χ1) is 8.26. The first-order valence-electron chi connectivity index (χ1n) is 6.95. The summed E-state index contributed by atoms with van der Waals surface area (Å²) in [4.78, 5) is 16.0. The van der Waals surface area contributed by atoms with Gasteiger partial charge in [-0.3, -0.25) is 4.79 Å². The summed E-state index contributed by atoms with van der Waals surface area (Å²) < 4.78 is 0. The van der Waals surface area contributed by atoms with Crippen molar-refractivity contribution in [1.29, 1.82) is 0 Å². The normalized spacial score (nSPS) is 15.8. The number of carbonyl (C=O) groups excluding carboxylic acids is 1. The van der Waals surface area contributed by atoms with Gasteiger partial charge in [-0.25, -0.2) is 0 Å². The number of hydrogen-bond acceptors (Lipinski definition) is 3. The fourth-order valence-corrected chi connectivity index (χ4v) is 2.26. The fourth-order valence-electron chi connectivity index (χ4n) is 2.26. The van der Waals surface area contributed by atoms with Gasteiger partial charge in [0.15, 0.2) is 5.78 Å². The zero-order valence-electron chi connectivity index (χ0n) is 12.8. The molecule has 0 atom stereocenters. The minimum Gasteiger partial charge on any atom is -0.376 e. The number of ketones is 1. The molecular formula is C15H28N2O. The monoisotopic (exact) mass is 252 g/mol. The Kier molecular flexibility index (Phi) is 4.83. The molecule has 0 bridgehead atoms. The predicted octanol–water partition coefficient (Wildman–Crippen LogP) is 2.88. The van der Waals surface area contributed by atoms with E-state index < -0.39 is 0 Å². The smallest absolute Gasteiger partial charge is 0.186 e. The molecule has 0 aromatic carbocycles. The minimum absolute atomic E-state index is 0.289. The van der Waals surface area contributed by atoms with Gasteiger partial charge >= 0.3 is 0 Å². The molecule has 1 aliphatic carbocycles. The van der Waals surface area contributed by atoms with E-state index in [1.165, 1.54) is 18.5 Å². The molecule has 104 valence electrons. The first kappa shape index (κ1) is 15.1. The summed E-state index contributed by atoms with van der Waals surface area (Å²) >= 11 is 0. The number of carbonyl (C=O) groups is 1. The van der Waals surface area contributed by atoms with Crippen LogP contribution in [0.4, 0.5) is 0 Å². The van der Waals surface area contributed by atoms with Gasteiger partial charge in [0, 0.05) is 32.9 Å². The molecule has 0 saturated carbocycles. The zero-order valence-corrected chi connectivity index (χ0v) is 12.8. The van der Waals surface area contributed by atoms with Crippen LogP contribution in [0.15, 0.2) is 11.4 Å². The molecule has 0 unspecified atom stereocenters. The highest BCUT2D eigenvalue weighted by molar-refractivity contribution is 6.03. The molecule has 0 radical (unpaired) electrons. The molecule has 1 rings (SSSR count). The second-order valence-electron chi connectivity index (χ2n) is 6.50. The van der Waals surface area contributed by atoms with Crippen molar-refractivity contribution in [2.45, 2.75) is 47.0 Å². The predicted molar refractivity (Wildman–Crippen MR) is 76.3 cm³/mol. The highest BCUT2D eigenvalue weighted by atomic mass is 16.1. The maximum Gasteiger partial charge on any atom is 0.186 e. The highest BCUT2D eigenvalue weighted by Crippen LogP contribution is 2.29. The third-order valence-electron chi connectivity index (χ3n) is 3.60. The van der Waals surface area contributed by atoms with Gasteiger partial charge in [-0.05, 0) is 25.2 Å². The SMILES string of the molecule is CCN(C)C1=C(N(C)CCCC(C)(C)C)CC1=O. The van der Waals surface area contributed by atoms with Gasteiger partial charge in [0.05, 0.1) is 6.42 Å². The molecule has 0 heterocycles. The van der Waals surface area contributed by atoms with Crippen LogP contribution < -0.4 is 0 Å². The van der Waals surface area contributed by atoms with Gasteiger partial charge in [0.2, 0.25) is 0 Å². The standard InChI is InChI=1S/C15H28N2O/c1-7-16(5)14-12(11-13(14)18)17(6)10-8-9-15(2,3)4/h7-11H2,1-6H3. The fraction of sp³-hybridized carbons (Fsp3) is 0.800. The van der Waals surface area contributed by atoms with Crippen molar-refractivity contribution >= 4 is 5.78 Å². The quantitative estimate of drug-likeness (QED) is 0.726. The van der Waals surface area contributed by atoms with E-state index in [9.17, 15) is 4.79 Å². The summed E-state index contributed by atoms with van der Waals surface area (Å²) in [7, 11) is 4.10. The lowest BCUT2D eigenvalue weighted by Crippen LogP contribution is -2.38. The number of rotatable bonds is 6. The van der Waals surface area contributed by atoms with Crippen molar-refractivity contribution in [3.8, 4) is 0 Å². The maximum absolute atomic E-state index is 11.7. The number of likely N-dealkylation sites (N-methyl/N-ethyl adjacent to an activating group) is 1. The van der Waals surface area contributed by atoms with Crippen molar-refractivity contribution < 1.29 is 4.79 Å². The van der Waals surface area contributed by atoms with Crippen LogP contribution in [0.5, 0.6) is 0 Å². The molecule has 0 aromatic heterocycles. The maximum atomic E-state index is 11.7. The molecule has 0 fully saturated rings. The van der Waals surface area contributed by atoms with E-state index in [1.807, 2.05) is 7.05 Å². The molecule has 1 aliphatic rings. The van der Waals surface area contributed by atoms with E-state index >= 15 is 0 Å². The van der Waals surface area contributed by atoms with E-state index in [-0.39, 0.29) is 5.78 Å². The van der Waals surface area contributed by atoms with E-state index in [4.69, 9.17) is 0 Å². The Morgan fingerprint density at radius 1 is 1.17 bits per heavy atom. The number of nitrogens with zero attached hydrogens (tertiary/aromatic N) is 2. The molecule has 18 heavy (non-hydrogen) atoms. The molecule has 0 aliphatic heterocycles. The lowest BCUT2D eigenvalue weighted by atomic mass is 9.90. The van der Waals surface area contributed by atoms with Gasteiger partial charge in [-0.15, -0.1) is 0 Å². The molecular weight excluding hydrogens is 224 g/mol. The summed E-state index contributed by atoms with van der Waals surface area (Å²) in [6, 6.07) is 0. The van der Waals surface area contributed by atoms with E-state index in [2.05, 4.69) is 44.5 Å². The Morgan fingerprint density at radius 2 is 1.78 bits per heavy atom. The Labute approximate surface area is 112 Å². The van der Waals surface area contributed by atoms with E-state index in [0.29, 0.717) is 11.8 Å². The van der Waals surface area contributed by atoms with Gasteiger partial charge in [-0.1, -0.05) is 20.8 Å². The van der Waals surface area contributed by atoms with Crippen molar-refractivity contribution in [1.82, 2.24) is 9.80 Å². The molecule has 3 nitrogen and oxygen atoms in total. The van der Waals surface area contributed by atoms with Gasteiger partial charge in [0.25, 0.3) is 0 Å². The van der Waals surface area contributed by atoms with Crippen molar-refractivity contribution in [3.63, 3.8) is 0 Å². The zero-order chi connectivity index (χ0) is 13.9. The Hall–Kier alpha value is -0.990. The number of hydrogen-bond donors (Lipinski definition) is 0. The molecule has 3 heteroatoms. The first-order valence-corrected chi connectivity index (χ1v) is 6.95. The lowest BCUT2D eigenvalue weighted by molar-refractivity contribution is -0.119. The van der Waals surface area contributed by atoms with Crippen molar-refractivity contribution in [2.75, 3.05) is 27.2 Å². The van der Waals surface area contributed by atoms with Crippen LogP contribution in [-0.4, -0.2) is 42.8 Å². The molecule has 0 saturated heterocycles. The Bertz CT molecular complexity index is 339. The summed E-state index contributed by atoms with van der Waals surface area (Å²) in [5.74, 6) is 0.289. The average molecular weight is 252 g/mol. The largest absolute Gasteiger partial charge is 0.376 e. The lowest BCUT2D eigenvalue weighted by Gasteiger charge is -2.36. The highest BCUT2D eigenvalue weighted by Gasteiger charge is 2.31. The summed E-state index contributed by atoms with van der Waals surface area (Å²) in [5.41, 5.74) is 2.54. The summed E-state index contributed by atoms with van der Waals surface area (Å²) in [6.07, 6.45) is 3.02. The number of allylic oxidation sites excluding steroid dienone is 2. The third kappa shape index (κ3) is 3.76. The average Bonchev–Trinajstić information content (AvgIpc) is 2.23. The van der Waals surface area contributed by atoms with Crippen molar-refractivity contribution in [2.24, 2.45) is 5.41 Å². The summed E-state index contributed by atoms with van der Waals surface area (Å²) in [6.45, 7) is 10.8. The van der Waals surface area contributed by atoms with E-state index in [1.54, 1.807) is 0 Å². The van der Waals surface area contributed by atoms with Gasteiger partial charge in [0.1, 0.15) is 5.70 Å². The van der Waals surface area contributed by atoms with E-state index in [0.717, 1.165) is 18.8 Å². The summed E-state index contributed by atoms with van der Waals surface area (Å²) in [5, 5.41) is 0. The van der Waals surface area contributed by atoms with Crippen LogP contribution in [0.2, 0.25) is 0 Å². The molecule has 0 aromatic rings. The minimum atomic E-state index is 0.289. The van der Waals surface area contributed by atoms with Gasteiger partial charge < -0.3 is 9.80 Å².